The molecule has 0 saturated carbocycles. The Morgan fingerprint density at radius 3 is 2.63 bits per heavy atom. The van der Waals surface area contributed by atoms with Gasteiger partial charge in [0.15, 0.2) is 0 Å². The van der Waals surface area contributed by atoms with Crippen molar-refractivity contribution in [2.45, 2.75) is 62.3 Å². The molecule has 43 heavy (non-hydrogen) atoms. The van der Waals surface area contributed by atoms with Crippen molar-refractivity contribution in [1.29, 1.82) is 0 Å². The Morgan fingerprint density at radius 1 is 1.14 bits per heavy atom. The maximum atomic E-state index is 13.7. The summed E-state index contributed by atoms with van der Waals surface area (Å²) in [6.45, 7) is 3.83. The first kappa shape index (κ1) is 30.6. The van der Waals surface area contributed by atoms with Crippen molar-refractivity contribution in [3.63, 3.8) is 0 Å². The minimum atomic E-state index is -1.54. The number of para-hydroxylation sites is 1. The number of aliphatic hydroxyl groups excluding tert-OH is 2. The van der Waals surface area contributed by atoms with Crippen molar-refractivity contribution in [3.05, 3.63) is 84.1 Å². The predicted molar refractivity (Wildman–Crippen MR) is 159 cm³/mol. The molecule has 2 aliphatic heterocycles. The van der Waals surface area contributed by atoms with Crippen LogP contribution in [0, 0.1) is 5.92 Å². The number of ether oxygens (including phenoxy) is 1. The summed E-state index contributed by atoms with van der Waals surface area (Å²) in [5, 5.41) is 27.6. The molecule has 0 spiro atoms. The number of nitrogens with one attached hydrogen (secondary N) is 2. The summed E-state index contributed by atoms with van der Waals surface area (Å²) >= 11 is 1.43. The van der Waals surface area contributed by atoms with E-state index in [0.29, 0.717) is 17.2 Å². The highest BCUT2D eigenvalue weighted by Gasteiger charge is 2.49. The van der Waals surface area contributed by atoms with Crippen molar-refractivity contribution >= 4 is 29.5 Å². The number of carbonyl (C=O) groups excluding carboxylic acids is 3. The zero-order chi connectivity index (χ0) is 30.6. The van der Waals surface area contributed by atoms with E-state index in [-0.39, 0.29) is 37.8 Å². The third kappa shape index (κ3) is 7.03. The molecule has 228 valence electrons. The first-order valence-corrected chi connectivity index (χ1v) is 15.2. The van der Waals surface area contributed by atoms with E-state index in [9.17, 15) is 24.6 Å². The molecular weight excluding hydrogens is 572 g/mol. The van der Waals surface area contributed by atoms with Crippen molar-refractivity contribution in [2.24, 2.45) is 5.92 Å². The molecule has 3 amide bonds. The van der Waals surface area contributed by atoms with Crippen LogP contribution in [0.3, 0.4) is 0 Å². The zero-order valence-electron chi connectivity index (χ0n) is 24.0. The molecule has 0 bridgehead atoms. The molecule has 1 saturated heterocycles. The van der Waals surface area contributed by atoms with Crippen LogP contribution >= 0.6 is 11.8 Å². The maximum Gasteiger partial charge on any atom is 0.252 e. The first-order chi connectivity index (χ1) is 20.6. The predicted octanol–water partition coefficient (Wildman–Crippen LogP) is 2.19. The average Bonchev–Trinajstić information content (AvgIpc) is 3.64. The summed E-state index contributed by atoms with van der Waals surface area (Å²) in [7, 11) is 0. The van der Waals surface area contributed by atoms with Crippen LogP contribution in [0.4, 0.5) is 0 Å². The minimum absolute atomic E-state index is 0.0221. The molecule has 4 N–H and O–H groups in total. The molecule has 2 aromatic carbocycles. The normalized spacial score (nSPS) is 22.1. The highest BCUT2D eigenvalue weighted by Crippen LogP contribution is 2.40. The van der Waals surface area contributed by atoms with Gasteiger partial charge in [-0.3, -0.25) is 14.4 Å². The van der Waals surface area contributed by atoms with E-state index in [2.05, 4.69) is 15.6 Å². The lowest BCUT2D eigenvalue weighted by molar-refractivity contribution is -0.147. The van der Waals surface area contributed by atoms with Crippen molar-refractivity contribution < 1.29 is 33.8 Å². The standard InChI is InChI=1S/C31H36N4O7S/c1-31(2)27(29(39)33-16-25-32-12-13-41-25)35(18-43-31)30(40)22(36)15-20(14-19-8-4-3-5-9-19)28(38)34-26-21-10-6-7-11-24(21)42-17-23(26)37/h3-13,20,22-23,26-27,36-37H,14-18H2,1-2H3,(H,33,39)(H,34,38)/t20-,22+,23-,26+,27-/m1/s1. The fourth-order valence-electron chi connectivity index (χ4n) is 5.55. The van der Waals surface area contributed by atoms with Gasteiger partial charge in [-0.25, -0.2) is 4.98 Å². The number of oxazole rings is 1. The molecule has 0 aliphatic carbocycles. The van der Waals surface area contributed by atoms with Gasteiger partial charge in [-0.2, -0.15) is 0 Å². The fraction of sp³-hybridized carbons (Fsp3) is 0.419. The Bertz CT molecular complexity index is 1420. The number of benzene rings is 2. The van der Waals surface area contributed by atoms with Gasteiger partial charge in [0, 0.05) is 16.2 Å². The van der Waals surface area contributed by atoms with Crippen molar-refractivity contribution in [2.75, 3.05) is 12.5 Å². The van der Waals surface area contributed by atoms with Gasteiger partial charge in [-0.1, -0.05) is 48.5 Å². The van der Waals surface area contributed by atoms with Crippen LogP contribution in [0.2, 0.25) is 0 Å². The van der Waals surface area contributed by atoms with E-state index >= 15 is 0 Å². The molecule has 0 radical (unpaired) electrons. The van der Waals surface area contributed by atoms with Crippen LogP contribution in [-0.2, 0) is 27.3 Å². The lowest BCUT2D eigenvalue weighted by atomic mass is 9.90. The number of hydrogen-bond acceptors (Lipinski definition) is 9. The number of fused-ring (bicyclic) bond motifs is 1. The first-order valence-electron chi connectivity index (χ1n) is 14.2. The molecule has 0 unspecified atom stereocenters. The number of carbonyl (C=O) groups is 3. The van der Waals surface area contributed by atoms with Crippen molar-refractivity contribution in [3.8, 4) is 5.75 Å². The van der Waals surface area contributed by atoms with Gasteiger partial charge >= 0.3 is 0 Å². The third-order valence-electron chi connectivity index (χ3n) is 7.81. The summed E-state index contributed by atoms with van der Waals surface area (Å²) in [5.74, 6) is -1.11. The van der Waals surface area contributed by atoms with Gasteiger partial charge in [0.2, 0.25) is 17.7 Å². The smallest absolute Gasteiger partial charge is 0.252 e. The van der Waals surface area contributed by atoms with Crippen LogP contribution in [0.15, 0.2) is 71.5 Å². The van der Waals surface area contributed by atoms with Gasteiger partial charge in [0.25, 0.3) is 5.91 Å². The highest BCUT2D eigenvalue weighted by atomic mass is 32.2. The van der Waals surface area contributed by atoms with Gasteiger partial charge in [0.05, 0.1) is 24.7 Å². The molecule has 3 heterocycles. The SMILES string of the molecule is CC1(C)SCN(C(=O)[C@@H](O)C[C@@H](Cc2ccccc2)C(=O)N[C@H]2c3ccccc3OC[C@H]2O)[C@@H]1C(=O)NCc1ncco1. The van der Waals surface area contributed by atoms with Crippen LogP contribution in [0.25, 0.3) is 0 Å². The van der Waals surface area contributed by atoms with E-state index in [1.165, 1.54) is 29.1 Å². The molecule has 1 aromatic heterocycles. The number of nitrogens with zero attached hydrogens (tertiary/aromatic N) is 2. The maximum absolute atomic E-state index is 13.7. The number of rotatable bonds is 10. The summed E-state index contributed by atoms with van der Waals surface area (Å²) in [5.41, 5.74) is 1.51. The topological polar surface area (TPSA) is 154 Å². The van der Waals surface area contributed by atoms with Crippen LogP contribution < -0.4 is 15.4 Å². The van der Waals surface area contributed by atoms with Crippen molar-refractivity contribution in [1.82, 2.24) is 20.5 Å². The van der Waals surface area contributed by atoms with Crippen LogP contribution in [0.1, 0.15) is 43.3 Å². The fourth-order valence-corrected chi connectivity index (χ4v) is 6.69. The number of hydrogen-bond donors (Lipinski definition) is 4. The Morgan fingerprint density at radius 2 is 1.88 bits per heavy atom. The molecule has 5 atom stereocenters. The van der Waals surface area contributed by atoms with Gasteiger partial charge in [-0.05, 0) is 38.3 Å². The largest absolute Gasteiger partial charge is 0.490 e. The Kier molecular flexibility index (Phi) is 9.38. The highest BCUT2D eigenvalue weighted by molar-refractivity contribution is 8.00. The second-order valence-corrected chi connectivity index (χ2v) is 12.9. The Labute approximate surface area is 254 Å². The zero-order valence-corrected chi connectivity index (χ0v) is 24.8. The molecule has 5 rings (SSSR count). The lowest BCUT2D eigenvalue weighted by Gasteiger charge is -2.33. The molecular formula is C31H36N4O7S. The summed E-state index contributed by atoms with van der Waals surface area (Å²) in [6, 6.07) is 14.9. The number of amides is 3. The Hall–Kier alpha value is -3.87. The van der Waals surface area contributed by atoms with E-state index in [4.69, 9.17) is 9.15 Å². The minimum Gasteiger partial charge on any atom is -0.490 e. The molecule has 3 aromatic rings. The van der Waals surface area contributed by atoms with E-state index in [1.54, 1.807) is 18.2 Å². The second kappa shape index (κ2) is 13.2. The van der Waals surface area contributed by atoms with Gasteiger partial charge in [0.1, 0.15) is 36.9 Å². The van der Waals surface area contributed by atoms with Crippen LogP contribution in [-0.4, -0.2) is 73.3 Å². The third-order valence-corrected chi connectivity index (χ3v) is 9.18. The number of thioether (sulfide) groups is 1. The van der Waals surface area contributed by atoms with Crippen LogP contribution in [0.5, 0.6) is 5.75 Å². The molecule has 12 heteroatoms. The molecule has 2 aliphatic rings. The average molecular weight is 609 g/mol. The summed E-state index contributed by atoms with van der Waals surface area (Å²) in [6.07, 6.45) is 0.467. The summed E-state index contributed by atoms with van der Waals surface area (Å²) < 4.78 is 10.2. The van der Waals surface area contributed by atoms with E-state index in [0.717, 1.165) is 5.56 Å². The Balaban J connectivity index is 1.32. The monoisotopic (exact) mass is 608 g/mol. The number of aliphatic hydroxyl groups is 2. The molecule has 1 fully saturated rings. The van der Waals surface area contributed by atoms with E-state index < -0.39 is 46.8 Å². The van der Waals surface area contributed by atoms with Gasteiger partial charge in [-0.15, -0.1) is 11.8 Å². The second-order valence-electron chi connectivity index (χ2n) is 11.3. The van der Waals surface area contributed by atoms with Gasteiger partial charge < -0.3 is 34.9 Å². The summed E-state index contributed by atoms with van der Waals surface area (Å²) in [4.78, 5) is 46.0. The number of aromatic nitrogens is 1. The lowest BCUT2D eigenvalue weighted by Crippen LogP contribution is -2.55. The van der Waals surface area contributed by atoms with E-state index in [1.807, 2.05) is 50.2 Å². The quantitative estimate of drug-likeness (QED) is 0.271. The molecule has 11 nitrogen and oxygen atoms in total.